The average Bonchev–Trinajstić information content (AvgIpc) is 2.54. The second-order valence-electron chi connectivity index (χ2n) is 5.77. The van der Waals surface area contributed by atoms with Gasteiger partial charge in [-0.3, -0.25) is 4.79 Å². The fourth-order valence-corrected chi connectivity index (χ4v) is 3.89. The molecule has 2 aromatic rings. The lowest BCUT2D eigenvalue weighted by Crippen LogP contribution is -2.37. The first kappa shape index (κ1) is 19.4. The number of carbonyl (C=O) groups is 1. The van der Waals surface area contributed by atoms with Gasteiger partial charge in [-0.2, -0.15) is 0 Å². The van der Waals surface area contributed by atoms with E-state index in [0.29, 0.717) is 16.3 Å². The Morgan fingerprint density at radius 3 is 2.40 bits per heavy atom. The zero-order valence-corrected chi connectivity index (χ0v) is 16.0. The summed E-state index contributed by atoms with van der Waals surface area (Å²) < 4.78 is 27.4. The molecule has 0 aliphatic rings. The molecule has 2 rings (SSSR count). The molecule has 134 valence electrons. The van der Waals surface area contributed by atoms with E-state index in [1.54, 1.807) is 43.3 Å². The lowest BCUT2D eigenvalue weighted by atomic mass is 10.2. The van der Waals surface area contributed by atoms with Crippen LogP contribution in [0.2, 0.25) is 5.02 Å². The number of sulfonamides is 1. The maximum atomic E-state index is 12.4. The first-order valence-electron chi connectivity index (χ1n) is 7.82. The predicted octanol–water partition coefficient (Wildman–Crippen LogP) is 3.29. The Bertz CT molecular complexity index is 882. The first-order valence-corrected chi connectivity index (χ1v) is 9.68. The summed E-state index contributed by atoms with van der Waals surface area (Å²) in [7, 11) is -3.62. The van der Waals surface area contributed by atoms with Crippen molar-refractivity contribution in [2.45, 2.75) is 25.7 Å². The topological polar surface area (TPSA) is 66.5 Å². The van der Waals surface area contributed by atoms with Gasteiger partial charge in [-0.15, -0.1) is 0 Å². The van der Waals surface area contributed by atoms with Crippen LogP contribution >= 0.6 is 11.6 Å². The van der Waals surface area contributed by atoms with Crippen molar-refractivity contribution in [2.75, 3.05) is 18.0 Å². The minimum absolute atomic E-state index is 0.0990. The predicted molar refractivity (Wildman–Crippen MR) is 101 cm³/mol. The maximum absolute atomic E-state index is 12.4. The number of nitrogens with one attached hydrogen (secondary N) is 1. The number of nitrogens with zero attached hydrogens (tertiary/aromatic N) is 1. The van der Waals surface area contributed by atoms with E-state index >= 15 is 0 Å². The molecule has 1 N–H and O–H groups in total. The SMILES string of the molecule is CC(=O)N(CCNS(=O)(=O)c1ccccc1C)c1ccc(C)c(Cl)c1. The average molecular weight is 381 g/mol. The molecular formula is C18H21ClN2O3S. The highest BCUT2D eigenvalue weighted by Crippen LogP contribution is 2.23. The molecule has 0 spiro atoms. The maximum Gasteiger partial charge on any atom is 0.240 e. The van der Waals surface area contributed by atoms with Gasteiger partial charge in [0.2, 0.25) is 15.9 Å². The van der Waals surface area contributed by atoms with E-state index in [9.17, 15) is 13.2 Å². The molecule has 5 nitrogen and oxygen atoms in total. The van der Waals surface area contributed by atoms with E-state index in [2.05, 4.69) is 4.72 Å². The molecule has 0 saturated carbocycles. The monoisotopic (exact) mass is 380 g/mol. The number of anilines is 1. The van der Waals surface area contributed by atoms with Crippen molar-refractivity contribution in [2.24, 2.45) is 0 Å². The Hall–Kier alpha value is -1.89. The summed E-state index contributed by atoms with van der Waals surface area (Å²) in [5.41, 5.74) is 2.22. The van der Waals surface area contributed by atoms with E-state index in [4.69, 9.17) is 11.6 Å². The number of halogens is 1. The van der Waals surface area contributed by atoms with Crippen molar-refractivity contribution < 1.29 is 13.2 Å². The standard InChI is InChI=1S/C18H21ClN2O3S/c1-13-8-9-16(12-17(13)19)21(15(3)22)11-10-20-25(23,24)18-7-5-4-6-14(18)2/h4-9,12,20H,10-11H2,1-3H3. The van der Waals surface area contributed by atoms with Gasteiger partial charge in [0.05, 0.1) is 4.90 Å². The third kappa shape index (κ3) is 4.81. The lowest BCUT2D eigenvalue weighted by Gasteiger charge is -2.22. The van der Waals surface area contributed by atoms with Gasteiger partial charge in [-0.1, -0.05) is 35.9 Å². The summed E-state index contributed by atoms with van der Waals surface area (Å²) in [6.07, 6.45) is 0. The van der Waals surface area contributed by atoms with Crippen LogP contribution in [0.25, 0.3) is 0 Å². The Balaban J connectivity index is 2.11. The van der Waals surface area contributed by atoms with Gasteiger partial charge in [0.15, 0.2) is 0 Å². The van der Waals surface area contributed by atoms with Gasteiger partial charge >= 0.3 is 0 Å². The summed E-state index contributed by atoms with van der Waals surface area (Å²) in [5, 5.41) is 0.559. The number of hydrogen-bond donors (Lipinski definition) is 1. The minimum Gasteiger partial charge on any atom is -0.311 e. The van der Waals surface area contributed by atoms with Gasteiger partial charge < -0.3 is 4.90 Å². The number of benzene rings is 2. The third-order valence-corrected chi connectivity index (χ3v) is 5.89. The smallest absolute Gasteiger partial charge is 0.240 e. The summed E-state index contributed by atoms with van der Waals surface area (Å²) in [4.78, 5) is 13.7. The molecule has 0 atom stereocenters. The normalized spacial score (nSPS) is 11.4. The summed E-state index contributed by atoms with van der Waals surface area (Å²) in [6.45, 7) is 5.36. The molecule has 0 bridgehead atoms. The second kappa shape index (κ2) is 7.99. The fraction of sp³-hybridized carbons (Fsp3) is 0.278. The van der Waals surface area contributed by atoms with E-state index in [1.165, 1.54) is 11.8 Å². The lowest BCUT2D eigenvalue weighted by molar-refractivity contribution is -0.116. The Labute approximate surface area is 153 Å². The molecule has 0 saturated heterocycles. The van der Waals surface area contributed by atoms with Crippen LogP contribution in [-0.4, -0.2) is 27.4 Å². The summed E-state index contributed by atoms with van der Waals surface area (Å²) in [5.74, 6) is -0.185. The highest BCUT2D eigenvalue weighted by molar-refractivity contribution is 7.89. The zero-order chi connectivity index (χ0) is 18.6. The molecule has 0 fully saturated rings. The number of carbonyl (C=O) groups excluding carboxylic acids is 1. The molecule has 25 heavy (non-hydrogen) atoms. The van der Waals surface area contributed by atoms with Crippen LogP contribution in [0.15, 0.2) is 47.4 Å². The van der Waals surface area contributed by atoms with E-state index < -0.39 is 10.0 Å². The number of aryl methyl sites for hydroxylation is 2. The molecule has 0 unspecified atom stereocenters. The summed E-state index contributed by atoms with van der Waals surface area (Å²) >= 11 is 6.12. The molecule has 0 aliphatic carbocycles. The van der Waals surface area contributed by atoms with E-state index in [1.807, 2.05) is 13.0 Å². The molecule has 0 aliphatic heterocycles. The molecule has 0 radical (unpaired) electrons. The van der Waals surface area contributed by atoms with Gasteiger partial charge in [0, 0.05) is 30.7 Å². The van der Waals surface area contributed by atoms with Gasteiger partial charge in [-0.25, -0.2) is 13.1 Å². The highest BCUT2D eigenvalue weighted by Gasteiger charge is 2.18. The number of amides is 1. The largest absolute Gasteiger partial charge is 0.311 e. The van der Waals surface area contributed by atoms with Crippen LogP contribution in [-0.2, 0) is 14.8 Å². The zero-order valence-electron chi connectivity index (χ0n) is 14.4. The quantitative estimate of drug-likeness (QED) is 0.836. The van der Waals surface area contributed by atoms with Gasteiger partial charge in [-0.05, 0) is 43.2 Å². The van der Waals surface area contributed by atoms with Crippen molar-refractivity contribution in [3.05, 3.63) is 58.6 Å². The van der Waals surface area contributed by atoms with Crippen molar-refractivity contribution in [3.8, 4) is 0 Å². The van der Waals surface area contributed by atoms with Crippen LogP contribution in [0, 0.1) is 13.8 Å². The van der Waals surface area contributed by atoms with E-state index in [-0.39, 0.29) is 23.9 Å². The Kier molecular flexibility index (Phi) is 6.21. The second-order valence-corrected chi connectivity index (χ2v) is 7.91. The van der Waals surface area contributed by atoms with Gasteiger partial charge in [0.1, 0.15) is 0 Å². The Morgan fingerprint density at radius 1 is 1.12 bits per heavy atom. The van der Waals surface area contributed by atoms with Crippen LogP contribution in [0.1, 0.15) is 18.1 Å². The van der Waals surface area contributed by atoms with Crippen molar-refractivity contribution in [1.29, 1.82) is 0 Å². The Morgan fingerprint density at radius 2 is 1.80 bits per heavy atom. The molecule has 1 amide bonds. The molecule has 7 heteroatoms. The van der Waals surface area contributed by atoms with Gasteiger partial charge in [0.25, 0.3) is 0 Å². The van der Waals surface area contributed by atoms with Crippen molar-refractivity contribution in [3.63, 3.8) is 0 Å². The van der Waals surface area contributed by atoms with Crippen LogP contribution in [0.4, 0.5) is 5.69 Å². The molecule has 2 aromatic carbocycles. The molecular weight excluding hydrogens is 360 g/mol. The summed E-state index contributed by atoms with van der Waals surface area (Å²) in [6, 6.07) is 12.1. The minimum atomic E-state index is -3.62. The number of hydrogen-bond acceptors (Lipinski definition) is 3. The van der Waals surface area contributed by atoms with Crippen LogP contribution in [0.5, 0.6) is 0 Å². The van der Waals surface area contributed by atoms with Crippen LogP contribution < -0.4 is 9.62 Å². The fourth-order valence-electron chi connectivity index (χ4n) is 2.45. The van der Waals surface area contributed by atoms with Crippen LogP contribution in [0.3, 0.4) is 0 Å². The highest BCUT2D eigenvalue weighted by atomic mass is 35.5. The molecule has 0 aromatic heterocycles. The first-order chi connectivity index (χ1) is 11.7. The van der Waals surface area contributed by atoms with Crippen molar-refractivity contribution in [1.82, 2.24) is 4.72 Å². The third-order valence-electron chi connectivity index (χ3n) is 3.86. The van der Waals surface area contributed by atoms with Crippen molar-refractivity contribution >= 4 is 33.2 Å². The van der Waals surface area contributed by atoms with E-state index in [0.717, 1.165) is 5.56 Å². The molecule has 0 heterocycles. The number of rotatable bonds is 6.